The van der Waals surface area contributed by atoms with E-state index in [1.807, 2.05) is 36.6 Å². The van der Waals surface area contributed by atoms with Gasteiger partial charge in [-0.1, -0.05) is 30.0 Å². The number of benzene rings is 1. The minimum atomic E-state index is -0.156. The van der Waals surface area contributed by atoms with Gasteiger partial charge in [0.2, 0.25) is 0 Å². The number of thioether (sulfide) groups is 1. The Morgan fingerprint density at radius 2 is 2.12 bits per heavy atom. The van der Waals surface area contributed by atoms with Gasteiger partial charge in [0.05, 0.1) is 5.69 Å². The molecule has 0 amide bonds. The van der Waals surface area contributed by atoms with Crippen molar-refractivity contribution in [3.63, 3.8) is 0 Å². The summed E-state index contributed by atoms with van der Waals surface area (Å²) in [5.74, 6) is 0.764. The summed E-state index contributed by atoms with van der Waals surface area (Å²) < 4.78 is 5.52. The maximum atomic E-state index is 11.3. The standard InChI is InChI=1S/C12H12N2O2S/c1-17-12-13-9(7-11(15)14-12)8-16-10-5-3-2-4-6-10/h2-7H,8H2,1H3,(H,13,14,15). The molecule has 0 radical (unpaired) electrons. The summed E-state index contributed by atoms with van der Waals surface area (Å²) in [7, 11) is 0. The van der Waals surface area contributed by atoms with E-state index in [1.165, 1.54) is 17.8 Å². The predicted octanol–water partition coefficient (Wildman–Crippen LogP) is 2.07. The Morgan fingerprint density at radius 1 is 1.35 bits per heavy atom. The molecule has 0 atom stereocenters. The minimum Gasteiger partial charge on any atom is -0.487 e. The van der Waals surface area contributed by atoms with Crippen LogP contribution < -0.4 is 10.3 Å². The molecule has 0 aliphatic carbocycles. The second-order valence-electron chi connectivity index (χ2n) is 3.35. The molecule has 5 heteroatoms. The summed E-state index contributed by atoms with van der Waals surface area (Å²) in [5.41, 5.74) is 0.470. The molecule has 1 heterocycles. The maximum Gasteiger partial charge on any atom is 0.251 e. The van der Waals surface area contributed by atoms with Crippen LogP contribution in [0.4, 0.5) is 0 Å². The number of nitrogens with zero attached hydrogens (tertiary/aromatic N) is 1. The van der Waals surface area contributed by atoms with E-state index < -0.39 is 0 Å². The Bertz CT molecular complexity index is 540. The van der Waals surface area contributed by atoms with E-state index in [0.29, 0.717) is 17.5 Å². The van der Waals surface area contributed by atoms with Crippen LogP contribution in [0.15, 0.2) is 46.3 Å². The lowest BCUT2D eigenvalue weighted by Crippen LogP contribution is -2.11. The van der Waals surface area contributed by atoms with Gasteiger partial charge in [0.1, 0.15) is 12.4 Å². The quantitative estimate of drug-likeness (QED) is 0.664. The summed E-state index contributed by atoms with van der Waals surface area (Å²) in [6.45, 7) is 0.293. The fraction of sp³-hybridized carbons (Fsp3) is 0.167. The highest BCUT2D eigenvalue weighted by Crippen LogP contribution is 2.11. The molecule has 4 nitrogen and oxygen atoms in total. The predicted molar refractivity (Wildman–Crippen MR) is 67.4 cm³/mol. The van der Waals surface area contributed by atoms with E-state index in [-0.39, 0.29) is 5.56 Å². The number of aromatic amines is 1. The van der Waals surface area contributed by atoms with Gasteiger partial charge in [0.15, 0.2) is 5.16 Å². The number of para-hydroxylation sites is 1. The van der Waals surface area contributed by atoms with Gasteiger partial charge in [-0.15, -0.1) is 0 Å². The van der Waals surface area contributed by atoms with Crippen LogP contribution in [0.5, 0.6) is 5.75 Å². The van der Waals surface area contributed by atoms with Crippen molar-refractivity contribution in [2.24, 2.45) is 0 Å². The normalized spacial score (nSPS) is 10.2. The largest absolute Gasteiger partial charge is 0.487 e. The third-order valence-corrected chi connectivity index (χ3v) is 2.68. The lowest BCUT2D eigenvalue weighted by atomic mass is 10.3. The summed E-state index contributed by atoms with van der Waals surface area (Å²) in [5, 5.41) is 0.601. The third-order valence-electron chi connectivity index (χ3n) is 2.10. The molecule has 0 fully saturated rings. The van der Waals surface area contributed by atoms with Crippen LogP contribution >= 0.6 is 11.8 Å². The molecule has 0 saturated carbocycles. The molecule has 0 aliphatic rings. The van der Waals surface area contributed by atoms with Gasteiger partial charge < -0.3 is 9.72 Å². The van der Waals surface area contributed by atoms with Crippen molar-refractivity contribution >= 4 is 11.8 Å². The van der Waals surface area contributed by atoms with Crippen LogP contribution in [0.25, 0.3) is 0 Å². The molecule has 0 unspecified atom stereocenters. The molecule has 0 bridgehead atoms. The summed E-state index contributed by atoms with van der Waals surface area (Å²) in [6.07, 6.45) is 1.86. The smallest absolute Gasteiger partial charge is 0.251 e. The number of ether oxygens (including phenoxy) is 1. The molecular formula is C12H12N2O2S. The number of aromatic nitrogens is 2. The average Bonchev–Trinajstić information content (AvgIpc) is 2.37. The van der Waals surface area contributed by atoms with E-state index in [9.17, 15) is 4.79 Å². The number of rotatable bonds is 4. The number of hydrogen-bond donors (Lipinski definition) is 1. The Hall–Kier alpha value is -1.75. The first-order chi connectivity index (χ1) is 8.28. The number of hydrogen-bond acceptors (Lipinski definition) is 4. The van der Waals surface area contributed by atoms with Crippen molar-refractivity contribution in [1.82, 2.24) is 9.97 Å². The molecule has 1 aromatic carbocycles. The summed E-state index contributed by atoms with van der Waals surface area (Å²) in [6, 6.07) is 10.9. The van der Waals surface area contributed by atoms with Crippen molar-refractivity contribution < 1.29 is 4.74 Å². The van der Waals surface area contributed by atoms with Gasteiger partial charge in [-0.25, -0.2) is 4.98 Å². The lowest BCUT2D eigenvalue weighted by Gasteiger charge is -2.05. The van der Waals surface area contributed by atoms with Crippen LogP contribution in [-0.4, -0.2) is 16.2 Å². The second-order valence-corrected chi connectivity index (χ2v) is 4.14. The van der Waals surface area contributed by atoms with Gasteiger partial charge in [-0.05, 0) is 18.4 Å². The van der Waals surface area contributed by atoms with E-state index in [4.69, 9.17) is 4.74 Å². The van der Waals surface area contributed by atoms with E-state index >= 15 is 0 Å². The highest BCUT2D eigenvalue weighted by molar-refractivity contribution is 7.98. The van der Waals surface area contributed by atoms with E-state index in [1.54, 1.807) is 0 Å². The minimum absolute atomic E-state index is 0.156. The fourth-order valence-electron chi connectivity index (χ4n) is 1.33. The summed E-state index contributed by atoms with van der Waals surface area (Å²) >= 11 is 1.40. The van der Waals surface area contributed by atoms with Crippen LogP contribution in [0.1, 0.15) is 5.69 Å². The van der Waals surface area contributed by atoms with Gasteiger partial charge >= 0.3 is 0 Å². The molecule has 17 heavy (non-hydrogen) atoms. The second kappa shape index (κ2) is 5.54. The highest BCUT2D eigenvalue weighted by atomic mass is 32.2. The average molecular weight is 248 g/mol. The van der Waals surface area contributed by atoms with Gasteiger partial charge in [-0.3, -0.25) is 4.79 Å². The first kappa shape index (κ1) is 11.7. The third kappa shape index (κ3) is 3.35. The molecule has 2 aromatic rings. The van der Waals surface area contributed by atoms with Gasteiger partial charge in [0, 0.05) is 6.07 Å². The molecule has 0 spiro atoms. The van der Waals surface area contributed by atoms with E-state index in [2.05, 4.69) is 9.97 Å². The Labute approximate surface area is 103 Å². The van der Waals surface area contributed by atoms with Crippen molar-refractivity contribution in [1.29, 1.82) is 0 Å². The number of H-pyrrole nitrogens is 1. The monoisotopic (exact) mass is 248 g/mol. The molecule has 1 N–H and O–H groups in total. The lowest BCUT2D eigenvalue weighted by molar-refractivity contribution is 0.299. The Balaban J connectivity index is 2.09. The molecule has 0 saturated heterocycles. The number of nitrogens with one attached hydrogen (secondary N) is 1. The zero-order valence-corrected chi connectivity index (χ0v) is 10.2. The Kier molecular flexibility index (Phi) is 3.82. The SMILES string of the molecule is CSc1nc(COc2ccccc2)cc(=O)[nH]1. The highest BCUT2D eigenvalue weighted by Gasteiger charge is 2.01. The zero-order valence-electron chi connectivity index (χ0n) is 9.34. The topological polar surface area (TPSA) is 55.0 Å². The van der Waals surface area contributed by atoms with Crippen molar-refractivity contribution in [2.45, 2.75) is 11.8 Å². The van der Waals surface area contributed by atoms with Gasteiger partial charge in [-0.2, -0.15) is 0 Å². The molecule has 2 rings (SSSR count). The van der Waals surface area contributed by atoms with Crippen LogP contribution in [-0.2, 0) is 6.61 Å². The summed E-state index contributed by atoms with van der Waals surface area (Å²) in [4.78, 5) is 18.2. The fourth-order valence-corrected chi connectivity index (χ4v) is 1.74. The maximum absolute atomic E-state index is 11.3. The van der Waals surface area contributed by atoms with Crippen molar-refractivity contribution in [2.75, 3.05) is 6.26 Å². The van der Waals surface area contributed by atoms with E-state index in [0.717, 1.165) is 5.75 Å². The Morgan fingerprint density at radius 3 is 2.82 bits per heavy atom. The zero-order chi connectivity index (χ0) is 12.1. The van der Waals surface area contributed by atoms with Crippen molar-refractivity contribution in [3.8, 4) is 5.75 Å². The molecule has 0 aliphatic heterocycles. The molecular weight excluding hydrogens is 236 g/mol. The van der Waals surface area contributed by atoms with Gasteiger partial charge in [0.25, 0.3) is 5.56 Å². The first-order valence-corrected chi connectivity index (χ1v) is 6.32. The van der Waals surface area contributed by atoms with Crippen LogP contribution in [0, 0.1) is 0 Å². The molecule has 1 aromatic heterocycles. The van der Waals surface area contributed by atoms with Crippen LogP contribution in [0.3, 0.4) is 0 Å². The van der Waals surface area contributed by atoms with Crippen LogP contribution in [0.2, 0.25) is 0 Å². The first-order valence-electron chi connectivity index (χ1n) is 5.10. The molecule has 88 valence electrons. The van der Waals surface area contributed by atoms with Crippen molar-refractivity contribution in [3.05, 3.63) is 52.4 Å².